The van der Waals surface area contributed by atoms with Gasteiger partial charge in [-0.3, -0.25) is 4.79 Å². The van der Waals surface area contributed by atoms with E-state index in [1.54, 1.807) is 0 Å². The first-order valence-electron chi connectivity index (χ1n) is 6.17. The molecule has 0 spiro atoms. The van der Waals surface area contributed by atoms with Gasteiger partial charge in [-0.2, -0.15) is 0 Å². The van der Waals surface area contributed by atoms with E-state index < -0.39 is 11.6 Å². The standard InChI is InChI=1S/C11H22N4O2/c1-2-4-11(5-3-6-15-11)9(16)13-7-8-14-10(12)17/h15H,2-8H2,1H3,(H,13,16)(H3,12,14,17). The van der Waals surface area contributed by atoms with Crippen molar-refractivity contribution < 1.29 is 9.59 Å². The minimum absolute atomic E-state index is 0.0307. The third-order valence-electron chi connectivity index (χ3n) is 3.06. The highest BCUT2D eigenvalue weighted by atomic mass is 16.2. The summed E-state index contributed by atoms with van der Waals surface area (Å²) in [5.74, 6) is 0.0307. The Balaban J connectivity index is 2.35. The molecule has 6 nitrogen and oxygen atoms in total. The number of carbonyl (C=O) groups is 2. The second-order valence-electron chi connectivity index (χ2n) is 4.41. The lowest BCUT2D eigenvalue weighted by Crippen LogP contribution is -2.54. The summed E-state index contributed by atoms with van der Waals surface area (Å²) in [6, 6.07) is -0.568. The molecule has 98 valence electrons. The van der Waals surface area contributed by atoms with Crippen LogP contribution in [0.2, 0.25) is 0 Å². The van der Waals surface area contributed by atoms with E-state index >= 15 is 0 Å². The molecule has 1 aliphatic rings. The van der Waals surface area contributed by atoms with E-state index in [0.29, 0.717) is 13.1 Å². The second kappa shape index (κ2) is 6.44. The predicted molar refractivity (Wildman–Crippen MR) is 65.5 cm³/mol. The first-order valence-corrected chi connectivity index (χ1v) is 6.17. The lowest BCUT2D eigenvalue weighted by atomic mass is 9.91. The summed E-state index contributed by atoms with van der Waals surface area (Å²) < 4.78 is 0. The zero-order chi connectivity index (χ0) is 12.7. The van der Waals surface area contributed by atoms with Gasteiger partial charge in [0, 0.05) is 13.1 Å². The van der Waals surface area contributed by atoms with E-state index in [4.69, 9.17) is 5.73 Å². The maximum absolute atomic E-state index is 12.1. The molecule has 1 fully saturated rings. The molecule has 3 amide bonds. The molecule has 1 saturated heterocycles. The number of nitrogens with two attached hydrogens (primary N) is 1. The van der Waals surface area contributed by atoms with Gasteiger partial charge in [0.1, 0.15) is 0 Å². The van der Waals surface area contributed by atoms with Crippen molar-refractivity contribution >= 4 is 11.9 Å². The largest absolute Gasteiger partial charge is 0.353 e. The Morgan fingerprint density at radius 2 is 2.06 bits per heavy atom. The summed E-state index contributed by atoms with van der Waals surface area (Å²) in [4.78, 5) is 22.5. The van der Waals surface area contributed by atoms with Crippen LogP contribution >= 0.6 is 0 Å². The van der Waals surface area contributed by atoms with Crippen LogP contribution in [0.1, 0.15) is 32.6 Å². The fourth-order valence-corrected chi connectivity index (χ4v) is 2.28. The van der Waals surface area contributed by atoms with Crippen molar-refractivity contribution in [1.82, 2.24) is 16.0 Å². The quantitative estimate of drug-likeness (QED) is 0.481. The molecule has 1 heterocycles. The van der Waals surface area contributed by atoms with Gasteiger partial charge in [0.25, 0.3) is 0 Å². The highest BCUT2D eigenvalue weighted by Crippen LogP contribution is 2.24. The molecule has 1 unspecified atom stereocenters. The number of carbonyl (C=O) groups excluding carboxylic acids is 2. The van der Waals surface area contributed by atoms with E-state index in [1.165, 1.54) is 0 Å². The van der Waals surface area contributed by atoms with Crippen LogP contribution < -0.4 is 21.7 Å². The van der Waals surface area contributed by atoms with Gasteiger partial charge in [-0.25, -0.2) is 4.79 Å². The number of amides is 3. The van der Waals surface area contributed by atoms with E-state index in [0.717, 1.165) is 32.2 Å². The second-order valence-corrected chi connectivity index (χ2v) is 4.41. The van der Waals surface area contributed by atoms with Crippen molar-refractivity contribution in [2.75, 3.05) is 19.6 Å². The normalized spacial score (nSPS) is 23.4. The molecular weight excluding hydrogens is 220 g/mol. The molecule has 0 aromatic heterocycles. The molecule has 0 saturated carbocycles. The molecule has 1 aliphatic heterocycles. The van der Waals surface area contributed by atoms with Gasteiger partial charge in [-0.1, -0.05) is 13.3 Å². The first kappa shape index (κ1) is 13.8. The zero-order valence-corrected chi connectivity index (χ0v) is 10.3. The van der Waals surface area contributed by atoms with Crippen LogP contribution in [0, 0.1) is 0 Å². The monoisotopic (exact) mass is 242 g/mol. The molecule has 17 heavy (non-hydrogen) atoms. The molecule has 1 atom stereocenters. The van der Waals surface area contributed by atoms with Crippen LogP contribution in [-0.2, 0) is 4.79 Å². The van der Waals surface area contributed by atoms with E-state index in [1.807, 2.05) is 0 Å². The van der Waals surface area contributed by atoms with Gasteiger partial charge in [-0.05, 0) is 25.8 Å². The summed E-state index contributed by atoms with van der Waals surface area (Å²) in [5, 5.41) is 8.57. The Kier molecular flexibility index (Phi) is 5.21. The lowest BCUT2D eigenvalue weighted by Gasteiger charge is -2.27. The van der Waals surface area contributed by atoms with Crippen molar-refractivity contribution in [1.29, 1.82) is 0 Å². The fraction of sp³-hybridized carbons (Fsp3) is 0.818. The molecule has 0 bridgehead atoms. The van der Waals surface area contributed by atoms with Crippen LogP contribution in [0.25, 0.3) is 0 Å². The number of rotatable bonds is 6. The summed E-state index contributed by atoms with van der Waals surface area (Å²) in [6.45, 7) is 3.74. The summed E-state index contributed by atoms with van der Waals surface area (Å²) in [5.41, 5.74) is 4.53. The molecule has 6 heteroatoms. The van der Waals surface area contributed by atoms with Gasteiger partial charge in [0.05, 0.1) is 5.54 Å². The van der Waals surface area contributed by atoms with Gasteiger partial charge in [-0.15, -0.1) is 0 Å². The van der Waals surface area contributed by atoms with Crippen molar-refractivity contribution in [3.8, 4) is 0 Å². The summed E-state index contributed by atoms with van der Waals surface area (Å²) in [6.07, 6.45) is 3.74. The van der Waals surface area contributed by atoms with Crippen molar-refractivity contribution in [3.05, 3.63) is 0 Å². The number of hydrogen-bond acceptors (Lipinski definition) is 3. The zero-order valence-electron chi connectivity index (χ0n) is 10.3. The third kappa shape index (κ3) is 3.89. The topological polar surface area (TPSA) is 96.2 Å². The molecule has 5 N–H and O–H groups in total. The van der Waals surface area contributed by atoms with Crippen molar-refractivity contribution in [2.24, 2.45) is 5.73 Å². The Bertz CT molecular complexity index is 275. The maximum Gasteiger partial charge on any atom is 0.312 e. The fourth-order valence-electron chi connectivity index (χ4n) is 2.28. The van der Waals surface area contributed by atoms with Crippen molar-refractivity contribution in [2.45, 2.75) is 38.1 Å². The third-order valence-corrected chi connectivity index (χ3v) is 3.06. The van der Waals surface area contributed by atoms with E-state index in [9.17, 15) is 9.59 Å². The van der Waals surface area contributed by atoms with Gasteiger partial charge < -0.3 is 21.7 Å². The number of hydrogen-bond donors (Lipinski definition) is 4. The Morgan fingerprint density at radius 1 is 1.35 bits per heavy atom. The Labute approximate surface area is 102 Å². The number of nitrogens with one attached hydrogen (secondary N) is 3. The molecule has 0 radical (unpaired) electrons. The molecule has 0 aromatic rings. The highest BCUT2D eigenvalue weighted by molar-refractivity contribution is 5.86. The summed E-state index contributed by atoms with van der Waals surface area (Å²) >= 11 is 0. The minimum atomic E-state index is -0.568. The van der Waals surface area contributed by atoms with Crippen LogP contribution in [0.5, 0.6) is 0 Å². The molecule has 0 aliphatic carbocycles. The smallest absolute Gasteiger partial charge is 0.312 e. The predicted octanol–water partition coefficient (Wildman–Crippen LogP) is -0.307. The molecule has 0 aromatic carbocycles. The van der Waals surface area contributed by atoms with Crippen LogP contribution in [0.4, 0.5) is 4.79 Å². The van der Waals surface area contributed by atoms with Crippen LogP contribution in [-0.4, -0.2) is 37.1 Å². The van der Waals surface area contributed by atoms with Gasteiger partial charge in [0.2, 0.25) is 5.91 Å². The highest BCUT2D eigenvalue weighted by Gasteiger charge is 2.39. The van der Waals surface area contributed by atoms with Gasteiger partial charge in [0.15, 0.2) is 0 Å². The molecule has 1 rings (SSSR count). The lowest BCUT2D eigenvalue weighted by molar-refractivity contribution is -0.127. The number of primary amides is 1. The minimum Gasteiger partial charge on any atom is -0.353 e. The number of urea groups is 1. The van der Waals surface area contributed by atoms with E-state index in [-0.39, 0.29) is 5.91 Å². The summed E-state index contributed by atoms with van der Waals surface area (Å²) in [7, 11) is 0. The van der Waals surface area contributed by atoms with Crippen LogP contribution in [0.3, 0.4) is 0 Å². The Hall–Kier alpha value is -1.30. The average molecular weight is 242 g/mol. The Morgan fingerprint density at radius 3 is 2.59 bits per heavy atom. The van der Waals surface area contributed by atoms with Crippen LogP contribution in [0.15, 0.2) is 0 Å². The average Bonchev–Trinajstić information content (AvgIpc) is 2.74. The van der Waals surface area contributed by atoms with Crippen molar-refractivity contribution in [3.63, 3.8) is 0 Å². The molecular formula is C11H22N4O2. The first-order chi connectivity index (χ1) is 8.10. The van der Waals surface area contributed by atoms with Gasteiger partial charge >= 0.3 is 6.03 Å². The maximum atomic E-state index is 12.1. The van der Waals surface area contributed by atoms with E-state index in [2.05, 4.69) is 22.9 Å². The SMILES string of the molecule is CCCC1(C(=O)NCCNC(N)=O)CCCN1.